The van der Waals surface area contributed by atoms with E-state index < -0.39 is 0 Å². The molecule has 1 amide bonds. The van der Waals surface area contributed by atoms with Crippen LogP contribution in [0.5, 0.6) is 5.75 Å². The molecule has 34 heavy (non-hydrogen) atoms. The van der Waals surface area contributed by atoms with Crippen LogP contribution in [-0.4, -0.2) is 34.2 Å². The molecule has 2 heterocycles. The van der Waals surface area contributed by atoms with Crippen LogP contribution in [0.25, 0.3) is 0 Å². The van der Waals surface area contributed by atoms with Gasteiger partial charge in [0.1, 0.15) is 15.7 Å². The number of aromatic hydroxyl groups is 1. The van der Waals surface area contributed by atoms with Crippen LogP contribution in [0, 0.1) is 0 Å². The van der Waals surface area contributed by atoms with Crippen molar-refractivity contribution in [3.8, 4) is 5.75 Å². The summed E-state index contributed by atoms with van der Waals surface area (Å²) in [6.45, 7) is 3.32. The van der Waals surface area contributed by atoms with E-state index in [0.29, 0.717) is 27.3 Å². The lowest BCUT2D eigenvalue weighted by molar-refractivity contribution is -0.122. The lowest BCUT2D eigenvalue weighted by Gasteiger charge is -2.19. The molecule has 1 fully saturated rings. The van der Waals surface area contributed by atoms with Crippen molar-refractivity contribution in [2.45, 2.75) is 18.2 Å². The highest BCUT2D eigenvalue weighted by Crippen LogP contribution is 2.51. The first-order valence-corrected chi connectivity index (χ1v) is 12.9. The summed E-state index contributed by atoms with van der Waals surface area (Å²) in [4.78, 5) is 24.1. The summed E-state index contributed by atoms with van der Waals surface area (Å²) in [7, 11) is 0. The number of rotatable bonds is 5. The second-order valence-electron chi connectivity index (χ2n) is 7.80. The van der Waals surface area contributed by atoms with Gasteiger partial charge in [-0.15, -0.1) is 0 Å². The Morgan fingerprint density at radius 3 is 2.47 bits per heavy atom. The zero-order valence-corrected chi connectivity index (χ0v) is 20.8. The topological polar surface area (TPSA) is 56.1 Å². The molecule has 2 aliphatic rings. The number of carbonyl (C=O) groups excluding carboxylic acids is 1. The number of fused-ring (bicyclic) bond motifs is 1. The second kappa shape index (κ2) is 9.78. The first-order chi connectivity index (χ1) is 16.5. The van der Waals surface area contributed by atoms with E-state index in [-0.39, 0.29) is 11.7 Å². The number of halogens is 1. The summed E-state index contributed by atoms with van der Waals surface area (Å²) in [5.74, 6) is 0.138. The molecular formula is C26H22ClN3O2S2. The molecule has 0 unspecified atom stereocenters. The highest BCUT2D eigenvalue weighted by molar-refractivity contribution is 8.19. The fourth-order valence-electron chi connectivity index (χ4n) is 3.88. The Balaban J connectivity index is 1.52. The Bertz CT molecular complexity index is 1290. The molecule has 5 nitrogen and oxygen atoms in total. The van der Waals surface area contributed by atoms with Crippen LogP contribution < -0.4 is 4.90 Å². The smallest absolute Gasteiger partial charge is 0.269 e. The van der Waals surface area contributed by atoms with Gasteiger partial charge >= 0.3 is 0 Å². The van der Waals surface area contributed by atoms with E-state index in [1.54, 1.807) is 40.9 Å². The molecule has 0 atom stereocenters. The maximum absolute atomic E-state index is 13.7. The zero-order valence-electron chi connectivity index (χ0n) is 18.4. The third kappa shape index (κ3) is 4.56. The summed E-state index contributed by atoms with van der Waals surface area (Å²) < 4.78 is 0. The number of carbonyl (C=O) groups is 1. The number of hydrogen-bond donors (Lipinski definition) is 1. The van der Waals surface area contributed by atoms with Crippen molar-refractivity contribution in [1.82, 2.24) is 4.90 Å². The van der Waals surface area contributed by atoms with E-state index in [4.69, 9.17) is 16.6 Å². The first kappa shape index (κ1) is 22.9. The molecule has 0 bridgehead atoms. The Hall–Kier alpha value is -2.87. The van der Waals surface area contributed by atoms with Gasteiger partial charge in [-0.3, -0.25) is 9.69 Å². The Labute approximate surface area is 212 Å². The minimum absolute atomic E-state index is 0.0432. The van der Waals surface area contributed by atoms with Crippen molar-refractivity contribution in [1.29, 1.82) is 0 Å². The monoisotopic (exact) mass is 507 g/mol. The van der Waals surface area contributed by atoms with Crippen molar-refractivity contribution in [3.63, 3.8) is 0 Å². The van der Waals surface area contributed by atoms with Crippen LogP contribution in [-0.2, 0) is 11.2 Å². The number of amidine groups is 1. The molecular weight excluding hydrogens is 486 g/mol. The lowest BCUT2D eigenvalue weighted by Crippen LogP contribution is -2.32. The molecule has 172 valence electrons. The Morgan fingerprint density at radius 2 is 1.74 bits per heavy atom. The average Bonchev–Trinajstić information content (AvgIpc) is 3.36. The largest absolute Gasteiger partial charge is 0.508 e. The molecule has 0 aliphatic carbocycles. The number of anilines is 1. The number of phenols is 1. The number of benzene rings is 3. The third-order valence-corrected chi connectivity index (χ3v) is 8.19. The van der Waals surface area contributed by atoms with E-state index in [1.807, 2.05) is 36.4 Å². The fraction of sp³-hybridized carbons (Fsp3) is 0.154. The summed E-state index contributed by atoms with van der Waals surface area (Å²) in [5, 5.41) is 11.9. The molecule has 8 heteroatoms. The standard InChI is InChI=1S/C26H22ClN3O2S2/c1-2-29-21-16-18(27)8-13-22(21)33-25(29)23-24(32)30(15-14-17-6-4-3-5-7-17)26(34-23)28-19-9-11-20(31)12-10-19/h3-13,16,31H,2,14-15H2,1H3. The van der Waals surface area contributed by atoms with Crippen molar-refractivity contribution in [3.05, 3.63) is 93.3 Å². The van der Waals surface area contributed by atoms with E-state index >= 15 is 0 Å². The number of amides is 1. The lowest BCUT2D eigenvalue weighted by atomic mass is 10.1. The van der Waals surface area contributed by atoms with Gasteiger partial charge in [0.25, 0.3) is 5.91 Å². The summed E-state index contributed by atoms with van der Waals surface area (Å²) in [5.41, 5.74) is 2.87. The number of phenolic OH excluding ortho intramolecular Hbond substituents is 1. The number of nitrogens with zero attached hydrogens (tertiary/aromatic N) is 3. The molecule has 1 saturated heterocycles. The quantitative estimate of drug-likeness (QED) is 0.392. The minimum atomic E-state index is -0.0432. The van der Waals surface area contributed by atoms with E-state index in [1.165, 1.54) is 11.8 Å². The van der Waals surface area contributed by atoms with Gasteiger partial charge in [-0.2, -0.15) is 0 Å². The third-order valence-electron chi connectivity index (χ3n) is 5.58. The van der Waals surface area contributed by atoms with Gasteiger partial charge in [0, 0.05) is 23.0 Å². The highest BCUT2D eigenvalue weighted by atomic mass is 35.5. The maximum Gasteiger partial charge on any atom is 0.269 e. The Morgan fingerprint density at radius 1 is 0.971 bits per heavy atom. The van der Waals surface area contributed by atoms with Crippen LogP contribution in [0.3, 0.4) is 0 Å². The summed E-state index contributed by atoms with van der Waals surface area (Å²) in [6.07, 6.45) is 0.727. The zero-order chi connectivity index (χ0) is 23.7. The predicted molar refractivity (Wildman–Crippen MR) is 142 cm³/mol. The first-order valence-electron chi connectivity index (χ1n) is 10.9. The van der Waals surface area contributed by atoms with Gasteiger partial charge in [-0.25, -0.2) is 4.99 Å². The van der Waals surface area contributed by atoms with Crippen molar-refractivity contribution in [2.75, 3.05) is 18.0 Å². The molecule has 0 aromatic heterocycles. The molecule has 0 spiro atoms. The summed E-state index contributed by atoms with van der Waals surface area (Å²) >= 11 is 9.26. The van der Waals surface area contributed by atoms with Crippen LogP contribution in [0.4, 0.5) is 11.4 Å². The average molecular weight is 508 g/mol. The number of hydrogen-bond acceptors (Lipinski definition) is 6. The van der Waals surface area contributed by atoms with Crippen LogP contribution in [0.2, 0.25) is 5.02 Å². The molecule has 1 N–H and O–H groups in total. The molecule has 3 aromatic carbocycles. The number of thioether (sulfide) groups is 2. The van der Waals surface area contributed by atoms with E-state index in [2.05, 4.69) is 24.0 Å². The number of aliphatic imine (C=N–C) groups is 1. The highest BCUT2D eigenvalue weighted by Gasteiger charge is 2.39. The fourth-order valence-corrected chi connectivity index (χ4v) is 6.44. The Kier molecular flexibility index (Phi) is 6.59. The molecule has 2 aliphatic heterocycles. The van der Waals surface area contributed by atoms with Gasteiger partial charge in [0.2, 0.25) is 0 Å². The minimum Gasteiger partial charge on any atom is -0.508 e. The van der Waals surface area contributed by atoms with Gasteiger partial charge in [0.15, 0.2) is 5.17 Å². The van der Waals surface area contributed by atoms with Crippen molar-refractivity contribution < 1.29 is 9.90 Å². The van der Waals surface area contributed by atoms with Crippen molar-refractivity contribution >= 4 is 57.6 Å². The molecule has 5 rings (SSSR count). The van der Waals surface area contributed by atoms with Gasteiger partial charge in [-0.1, -0.05) is 53.7 Å². The van der Waals surface area contributed by atoms with E-state index in [0.717, 1.165) is 34.1 Å². The van der Waals surface area contributed by atoms with Gasteiger partial charge < -0.3 is 10.0 Å². The van der Waals surface area contributed by atoms with Gasteiger partial charge in [0.05, 0.1) is 11.4 Å². The molecule has 0 saturated carbocycles. The summed E-state index contributed by atoms with van der Waals surface area (Å²) in [6, 6.07) is 22.6. The molecule has 3 aromatic rings. The second-order valence-corrected chi connectivity index (χ2v) is 10.2. The normalized spacial score (nSPS) is 18.8. The predicted octanol–water partition coefficient (Wildman–Crippen LogP) is 6.65. The van der Waals surface area contributed by atoms with E-state index in [9.17, 15) is 9.90 Å². The van der Waals surface area contributed by atoms with Crippen LogP contribution in [0.15, 0.2) is 92.6 Å². The van der Waals surface area contributed by atoms with Gasteiger partial charge in [-0.05, 0) is 73.1 Å². The maximum atomic E-state index is 13.7. The SMILES string of the molecule is CCN1C(=C2SC(=Nc3ccc(O)cc3)N(CCc3ccccc3)C2=O)Sc2ccc(Cl)cc21. The van der Waals surface area contributed by atoms with Crippen molar-refractivity contribution in [2.24, 2.45) is 4.99 Å². The molecule has 0 radical (unpaired) electrons. The van der Waals surface area contributed by atoms with Crippen LogP contribution >= 0.6 is 35.1 Å². The van der Waals surface area contributed by atoms with Crippen LogP contribution in [0.1, 0.15) is 12.5 Å².